The van der Waals surface area contributed by atoms with Gasteiger partial charge in [-0.2, -0.15) is 0 Å². The Bertz CT molecular complexity index is 973. The van der Waals surface area contributed by atoms with Crippen LogP contribution < -0.4 is 20.1 Å². The van der Waals surface area contributed by atoms with E-state index in [-0.39, 0.29) is 7.92 Å². The van der Waals surface area contributed by atoms with Gasteiger partial charge in [0.15, 0.2) is 0 Å². The smallest absolute Gasteiger partial charge is 0.124 e. The molecule has 1 aliphatic rings. The first-order valence-corrected chi connectivity index (χ1v) is 16.8. The number of rotatable bonds is 7. The molecule has 3 rings (SSSR count). The Morgan fingerprint density at radius 2 is 1.08 bits per heavy atom. The Kier molecular flexibility index (Phi) is 9.51. The van der Waals surface area contributed by atoms with E-state index >= 15 is 0 Å². The standard InChI is InChI=1S/C33H52O2P2/c1-21-17-26(18-22(2)30(21)34-12)36(27-19-23(3)31(35-13)24(4)20-27)29-16-14-15-28(29)25(5)37(32(6,7)8)33(9,10)11/h17-20,25,28-29H,14-16H2,1-13H3. The van der Waals surface area contributed by atoms with Crippen molar-refractivity contribution in [2.24, 2.45) is 5.92 Å². The molecule has 3 atom stereocenters. The highest BCUT2D eigenvalue weighted by Gasteiger charge is 2.46. The lowest BCUT2D eigenvalue weighted by Gasteiger charge is -2.49. The minimum absolute atomic E-state index is 0.174. The predicted molar refractivity (Wildman–Crippen MR) is 168 cm³/mol. The summed E-state index contributed by atoms with van der Waals surface area (Å²) in [5.41, 5.74) is 6.43. The predicted octanol–water partition coefficient (Wildman–Crippen LogP) is 9.01. The molecule has 0 heterocycles. The van der Waals surface area contributed by atoms with Crippen molar-refractivity contribution in [3.8, 4) is 11.5 Å². The molecule has 4 heteroatoms. The summed E-state index contributed by atoms with van der Waals surface area (Å²) in [6, 6.07) is 9.73. The molecule has 0 saturated heterocycles. The molecule has 1 aliphatic carbocycles. The topological polar surface area (TPSA) is 18.5 Å². The summed E-state index contributed by atoms with van der Waals surface area (Å²) in [6.07, 6.45) is 4.03. The number of methoxy groups -OCH3 is 2. The van der Waals surface area contributed by atoms with Crippen molar-refractivity contribution in [3.05, 3.63) is 46.5 Å². The van der Waals surface area contributed by atoms with Crippen LogP contribution in [-0.2, 0) is 0 Å². The van der Waals surface area contributed by atoms with Gasteiger partial charge in [0.05, 0.1) is 14.2 Å². The number of hydrogen-bond donors (Lipinski definition) is 0. The van der Waals surface area contributed by atoms with E-state index in [4.69, 9.17) is 9.47 Å². The molecule has 0 radical (unpaired) electrons. The number of ether oxygens (including phenoxy) is 2. The first-order chi connectivity index (χ1) is 17.1. The second-order valence-corrected chi connectivity index (χ2v) is 19.9. The van der Waals surface area contributed by atoms with Crippen molar-refractivity contribution in [3.63, 3.8) is 0 Å². The maximum atomic E-state index is 5.77. The minimum Gasteiger partial charge on any atom is -0.496 e. The Morgan fingerprint density at radius 3 is 1.41 bits per heavy atom. The Labute approximate surface area is 230 Å². The largest absolute Gasteiger partial charge is 0.496 e. The lowest BCUT2D eigenvalue weighted by molar-refractivity contribution is 0.408. The van der Waals surface area contributed by atoms with E-state index in [2.05, 4.69) is 100 Å². The van der Waals surface area contributed by atoms with Gasteiger partial charge >= 0.3 is 0 Å². The fraction of sp³-hybridized carbons (Fsp3) is 0.636. The zero-order chi connectivity index (χ0) is 27.9. The van der Waals surface area contributed by atoms with Crippen molar-refractivity contribution in [1.82, 2.24) is 0 Å². The summed E-state index contributed by atoms with van der Waals surface area (Å²) in [5, 5.41) is 3.69. The maximum absolute atomic E-state index is 5.77. The third kappa shape index (κ3) is 6.39. The first-order valence-electron chi connectivity index (χ1n) is 14.0. The van der Waals surface area contributed by atoms with Gasteiger partial charge in [0.1, 0.15) is 11.5 Å². The molecule has 2 aromatic rings. The second kappa shape index (κ2) is 11.6. The van der Waals surface area contributed by atoms with Crippen LogP contribution in [0.2, 0.25) is 0 Å². The number of aryl methyl sites for hydroxylation is 4. The van der Waals surface area contributed by atoms with Crippen LogP contribution in [0.25, 0.3) is 0 Å². The SMILES string of the molecule is COc1c(C)cc(P(c2cc(C)c(OC)c(C)c2)C2CCCC2C(C)P(C(C)(C)C)C(C)(C)C)cc1C. The molecule has 1 fully saturated rings. The zero-order valence-electron chi connectivity index (χ0n) is 25.9. The average molecular weight is 543 g/mol. The maximum Gasteiger partial charge on any atom is 0.124 e. The van der Waals surface area contributed by atoms with E-state index < -0.39 is 7.92 Å². The Balaban J connectivity index is 2.20. The van der Waals surface area contributed by atoms with Crippen LogP contribution in [0.3, 0.4) is 0 Å². The fourth-order valence-corrected chi connectivity index (χ4v) is 16.5. The molecule has 37 heavy (non-hydrogen) atoms. The highest BCUT2D eigenvalue weighted by molar-refractivity contribution is 7.73. The third-order valence-corrected chi connectivity index (χ3v) is 15.2. The van der Waals surface area contributed by atoms with Gasteiger partial charge < -0.3 is 9.47 Å². The first kappa shape index (κ1) is 30.4. The third-order valence-electron chi connectivity index (χ3n) is 8.19. The van der Waals surface area contributed by atoms with Gasteiger partial charge in [0, 0.05) is 0 Å². The zero-order valence-corrected chi connectivity index (χ0v) is 27.7. The quantitative estimate of drug-likeness (QED) is 0.325. The monoisotopic (exact) mass is 542 g/mol. The summed E-state index contributed by atoms with van der Waals surface area (Å²) in [4.78, 5) is 0. The summed E-state index contributed by atoms with van der Waals surface area (Å²) >= 11 is 0. The average Bonchev–Trinajstić information content (AvgIpc) is 3.21. The lowest BCUT2D eigenvalue weighted by Crippen LogP contribution is -2.37. The van der Waals surface area contributed by atoms with E-state index in [0.29, 0.717) is 16.0 Å². The molecule has 0 spiro atoms. The van der Waals surface area contributed by atoms with Crippen molar-refractivity contribution in [1.29, 1.82) is 0 Å². The van der Waals surface area contributed by atoms with Crippen LogP contribution in [-0.4, -0.2) is 35.8 Å². The molecule has 1 saturated carbocycles. The van der Waals surface area contributed by atoms with E-state index in [1.165, 1.54) is 52.1 Å². The molecule has 0 amide bonds. The molecule has 2 nitrogen and oxygen atoms in total. The van der Waals surface area contributed by atoms with E-state index in [1.807, 2.05) is 0 Å². The normalized spacial score (nSPS) is 19.5. The summed E-state index contributed by atoms with van der Waals surface area (Å²) < 4.78 is 11.5. The Hall–Kier alpha value is -1.10. The van der Waals surface area contributed by atoms with Crippen molar-refractivity contribution >= 4 is 26.5 Å². The van der Waals surface area contributed by atoms with Gasteiger partial charge in [0.2, 0.25) is 0 Å². The van der Waals surface area contributed by atoms with Gasteiger partial charge in [-0.25, -0.2) is 0 Å². The van der Waals surface area contributed by atoms with Crippen LogP contribution in [0.15, 0.2) is 24.3 Å². The van der Waals surface area contributed by atoms with Gasteiger partial charge in [-0.1, -0.05) is 62.8 Å². The Morgan fingerprint density at radius 1 is 0.703 bits per heavy atom. The van der Waals surface area contributed by atoms with E-state index in [1.54, 1.807) is 14.2 Å². The summed E-state index contributed by atoms with van der Waals surface area (Å²) in [7, 11) is 2.90. The van der Waals surface area contributed by atoms with Crippen molar-refractivity contribution < 1.29 is 9.47 Å². The second-order valence-electron chi connectivity index (χ2n) is 13.2. The minimum atomic E-state index is -0.521. The number of benzene rings is 2. The highest BCUT2D eigenvalue weighted by atomic mass is 31.1. The fourth-order valence-electron chi connectivity index (χ4n) is 7.58. The van der Waals surface area contributed by atoms with Crippen LogP contribution in [0.4, 0.5) is 0 Å². The summed E-state index contributed by atoms with van der Waals surface area (Å²) in [6.45, 7) is 26.4. The highest BCUT2D eigenvalue weighted by Crippen LogP contribution is 2.67. The van der Waals surface area contributed by atoms with Crippen LogP contribution >= 0.6 is 15.8 Å². The van der Waals surface area contributed by atoms with E-state index in [0.717, 1.165) is 23.1 Å². The van der Waals surface area contributed by atoms with Gasteiger partial charge in [-0.15, -0.1) is 0 Å². The lowest BCUT2D eigenvalue weighted by atomic mass is 10.0. The molecule has 0 aromatic heterocycles. The molecule has 0 N–H and O–H groups in total. The number of hydrogen-bond acceptors (Lipinski definition) is 2. The van der Waals surface area contributed by atoms with Gasteiger partial charge in [-0.05, 0) is 133 Å². The molecule has 2 aromatic carbocycles. The molecular formula is C33H52O2P2. The van der Waals surface area contributed by atoms with Crippen LogP contribution in [0, 0.1) is 33.6 Å². The van der Waals surface area contributed by atoms with Gasteiger partial charge in [-0.3, -0.25) is 0 Å². The van der Waals surface area contributed by atoms with Crippen LogP contribution in [0.1, 0.15) is 90.0 Å². The molecule has 0 bridgehead atoms. The molecule has 206 valence electrons. The van der Waals surface area contributed by atoms with Crippen LogP contribution in [0.5, 0.6) is 11.5 Å². The van der Waals surface area contributed by atoms with E-state index in [9.17, 15) is 0 Å². The molecule has 0 aliphatic heterocycles. The molecule has 3 unspecified atom stereocenters. The van der Waals surface area contributed by atoms with Crippen molar-refractivity contribution in [2.45, 2.75) is 117 Å². The van der Waals surface area contributed by atoms with Crippen molar-refractivity contribution in [2.75, 3.05) is 14.2 Å². The summed E-state index contributed by atoms with van der Waals surface area (Å²) in [5.74, 6) is 2.81. The molecular weight excluding hydrogens is 490 g/mol. The van der Waals surface area contributed by atoms with Gasteiger partial charge in [0.25, 0.3) is 0 Å².